The molecule has 0 fully saturated rings. The first kappa shape index (κ1) is 14.8. The summed E-state index contributed by atoms with van der Waals surface area (Å²) in [6.45, 7) is 6.30. The minimum Gasteiger partial charge on any atom is -0.507 e. The van der Waals surface area contributed by atoms with Crippen molar-refractivity contribution in [3.8, 4) is 5.75 Å². The molecule has 100 valence electrons. The molecule has 1 amide bonds. The van der Waals surface area contributed by atoms with Crippen molar-refractivity contribution in [3.05, 3.63) is 28.8 Å². The number of phenols is 1. The van der Waals surface area contributed by atoms with Gasteiger partial charge in [-0.2, -0.15) is 0 Å². The van der Waals surface area contributed by atoms with Crippen LogP contribution >= 0.6 is 11.6 Å². The van der Waals surface area contributed by atoms with Gasteiger partial charge in [-0.3, -0.25) is 4.79 Å². The molecule has 5 heteroatoms. The Kier molecular flexibility index (Phi) is 4.59. The van der Waals surface area contributed by atoms with Gasteiger partial charge in [0, 0.05) is 17.6 Å². The van der Waals surface area contributed by atoms with Gasteiger partial charge in [0.25, 0.3) is 5.91 Å². The molecular weight excluding hydrogens is 252 g/mol. The zero-order chi connectivity index (χ0) is 13.9. The van der Waals surface area contributed by atoms with Gasteiger partial charge in [-0.05, 0) is 23.6 Å². The molecular formula is C13H19ClN2O2. The van der Waals surface area contributed by atoms with Crippen molar-refractivity contribution >= 4 is 17.5 Å². The fourth-order valence-electron chi connectivity index (χ4n) is 1.56. The molecule has 1 unspecified atom stereocenters. The van der Waals surface area contributed by atoms with Crippen molar-refractivity contribution < 1.29 is 9.90 Å². The van der Waals surface area contributed by atoms with Crippen LogP contribution in [0.15, 0.2) is 18.2 Å². The van der Waals surface area contributed by atoms with Gasteiger partial charge in [-0.15, -0.1) is 0 Å². The van der Waals surface area contributed by atoms with Crippen molar-refractivity contribution in [3.63, 3.8) is 0 Å². The summed E-state index contributed by atoms with van der Waals surface area (Å²) in [4.78, 5) is 12.0. The van der Waals surface area contributed by atoms with Crippen LogP contribution in [-0.4, -0.2) is 23.6 Å². The third kappa shape index (κ3) is 3.62. The van der Waals surface area contributed by atoms with E-state index in [4.69, 9.17) is 17.3 Å². The maximum atomic E-state index is 12.0. The van der Waals surface area contributed by atoms with E-state index in [1.807, 2.05) is 20.8 Å². The van der Waals surface area contributed by atoms with Crippen molar-refractivity contribution in [1.82, 2.24) is 5.32 Å². The van der Waals surface area contributed by atoms with E-state index in [9.17, 15) is 9.90 Å². The van der Waals surface area contributed by atoms with Crippen LogP contribution in [0.25, 0.3) is 0 Å². The number of hydrogen-bond acceptors (Lipinski definition) is 3. The third-order valence-electron chi connectivity index (χ3n) is 2.79. The summed E-state index contributed by atoms with van der Waals surface area (Å²) in [6, 6.07) is 4.18. The van der Waals surface area contributed by atoms with Crippen LogP contribution in [-0.2, 0) is 0 Å². The second-order valence-electron chi connectivity index (χ2n) is 5.29. The molecule has 0 saturated carbocycles. The molecule has 0 aliphatic rings. The van der Waals surface area contributed by atoms with Gasteiger partial charge in [0.1, 0.15) is 5.75 Å². The first-order chi connectivity index (χ1) is 8.25. The molecule has 0 aliphatic carbocycles. The average molecular weight is 271 g/mol. The molecule has 18 heavy (non-hydrogen) atoms. The lowest BCUT2D eigenvalue weighted by molar-refractivity contribution is 0.0903. The second-order valence-corrected chi connectivity index (χ2v) is 5.73. The van der Waals surface area contributed by atoms with Crippen LogP contribution in [0.1, 0.15) is 31.1 Å². The summed E-state index contributed by atoms with van der Waals surface area (Å²) in [5, 5.41) is 12.9. The van der Waals surface area contributed by atoms with E-state index >= 15 is 0 Å². The number of rotatable bonds is 3. The molecule has 4 nitrogen and oxygen atoms in total. The van der Waals surface area contributed by atoms with Gasteiger partial charge in [0.2, 0.25) is 0 Å². The molecule has 4 N–H and O–H groups in total. The Hall–Kier alpha value is -1.26. The number of carbonyl (C=O) groups excluding carboxylic acids is 1. The zero-order valence-electron chi connectivity index (χ0n) is 10.8. The number of halogens is 1. The highest BCUT2D eigenvalue weighted by molar-refractivity contribution is 6.31. The number of nitrogens with two attached hydrogens (primary N) is 1. The van der Waals surface area contributed by atoms with Crippen molar-refractivity contribution in [1.29, 1.82) is 0 Å². The Morgan fingerprint density at radius 1 is 1.50 bits per heavy atom. The van der Waals surface area contributed by atoms with Crippen molar-refractivity contribution in [2.45, 2.75) is 26.8 Å². The summed E-state index contributed by atoms with van der Waals surface area (Å²) in [6.07, 6.45) is 0. The Morgan fingerprint density at radius 2 is 2.11 bits per heavy atom. The van der Waals surface area contributed by atoms with Crippen LogP contribution in [0.2, 0.25) is 5.02 Å². The van der Waals surface area contributed by atoms with Crippen LogP contribution in [0.3, 0.4) is 0 Å². The number of nitrogens with one attached hydrogen (secondary N) is 1. The standard InChI is InChI=1S/C13H19ClN2O2/c1-13(2,3)11(7-15)16-12(18)9-6-8(14)4-5-10(9)17/h4-6,11,17H,7,15H2,1-3H3,(H,16,18). The van der Waals surface area contributed by atoms with E-state index in [0.717, 1.165) is 0 Å². The van der Waals surface area contributed by atoms with Gasteiger partial charge >= 0.3 is 0 Å². The van der Waals surface area contributed by atoms with Crippen molar-refractivity contribution in [2.75, 3.05) is 6.54 Å². The van der Waals surface area contributed by atoms with E-state index < -0.39 is 0 Å². The Labute approximate surface area is 112 Å². The molecule has 1 aromatic carbocycles. The fraction of sp³-hybridized carbons (Fsp3) is 0.462. The summed E-state index contributed by atoms with van der Waals surface area (Å²) < 4.78 is 0. The monoisotopic (exact) mass is 270 g/mol. The number of amides is 1. The highest BCUT2D eigenvalue weighted by atomic mass is 35.5. The number of phenolic OH excluding ortho intramolecular Hbond substituents is 1. The molecule has 1 rings (SSSR count). The second kappa shape index (κ2) is 5.59. The van der Waals surface area contributed by atoms with E-state index in [1.165, 1.54) is 18.2 Å². The summed E-state index contributed by atoms with van der Waals surface area (Å²) in [7, 11) is 0. The smallest absolute Gasteiger partial charge is 0.255 e. The number of aromatic hydroxyl groups is 1. The summed E-state index contributed by atoms with van der Waals surface area (Å²) in [5.74, 6) is -0.470. The van der Waals surface area contributed by atoms with Crippen molar-refractivity contribution in [2.24, 2.45) is 11.1 Å². The fourth-order valence-corrected chi connectivity index (χ4v) is 1.73. The predicted octanol–water partition coefficient (Wildman–Crippen LogP) is 2.15. The Morgan fingerprint density at radius 3 is 2.61 bits per heavy atom. The number of hydrogen-bond donors (Lipinski definition) is 3. The van der Waals surface area contributed by atoms with E-state index in [-0.39, 0.29) is 28.7 Å². The average Bonchev–Trinajstić information content (AvgIpc) is 2.27. The predicted molar refractivity (Wildman–Crippen MR) is 72.9 cm³/mol. The van der Waals surface area contributed by atoms with Crippen LogP contribution < -0.4 is 11.1 Å². The topological polar surface area (TPSA) is 75.3 Å². The Balaban J connectivity index is 2.91. The molecule has 0 bridgehead atoms. The first-order valence-corrected chi connectivity index (χ1v) is 6.13. The zero-order valence-corrected chi connectivity index (χ0v) is 11.6. The molecule has 0 saturated heterocycles. The number of benzene rings is 1. The van der Waals surface area contributed by atoms with Gasteiger partial charge in [-0.25, -0.2) is 0 Å². The quantitative estimate of drug-likeness (QED) is 0.788. The van der Waals surface area contributed by atoms with Gasteiger partial charge in [-0.1, -0.05) is 32.4 Å². The molecule has 0 spiro atoms. The Bertz CT molecular complexity index is 441. The first-order valence-electron chi connectivity index (χ1n) is 5.75. The molecule has 0 radical (unpaired) electrons. The molecule has 1 atom stereocenters. The largest absolute Gasteiger partial charge is 0.507 e. The lowest BCUT2D eigenvalue weighted by Crippen LogP contribution is -2.48. The highest BCUT2D eigenvalue weighted by Crippen LogP contribution is 2.23. The van der Waals surface area contributed by atoms with E-state index in [1.54, 1.807) is 0 Å². The molecule has 0 aliphatic heterocycles. The van der Waals surface area contributed by atoms with Crippen LogP contribution in [0.4, 0.5) is 0 Å². The minimum absolute atomic E-state index is 0.0958. The molecule has 0 heterocycles. The summed E-state index contributed by atoms with van der Waals surface area (Å²) in [5.41, 5.74) is 5.65. The van der Waals surface area contributed by atoms with Crippen LogP contribution in [0, 0.1) is 5.41 Å². The SMILES string of the molecule is CC(C)(C)C(CN)NC(=O)c1cc(Cl)ccc1O. The number of carbonyl (C=O) groups is 1. The van der Waals surface area contributed by atoms with Crippen LogP contribution in [0.5, 0.6) is 5.75 Å². The minimum atomic E-state index is -0.375. The summed E-state index contributed by atoms with van der Waals surface area (Å²) >= 11 is 5.81. The highest BCUT2D eigenvalue weighted by Gasteiger charge is 2.26. The maximum absolute atomic E-state index is 12.0. The lowest BCUT2D eigenvalue weighted by atomic mass is 9.86. The normalized spacial score (nSPS) is 13.2. The van der Waals surface area contributed by atoms with Gasteiger partial charge < -0.3 is 16.2 Å². The third-order valence-corrected chi connectivity index (χ3v) is 3.02. The van der Waals surface area contributed by atoms with Gasteiger partial charge in [0.15, 0.2) is 0 Å². The molecule has 0 aromatic heterocycles. The molecule has 1 aromatic rings. The maximum Gasteiger partial charge on any atom is 0.255 e. The van der Waals surface area contributed by atoms with Gasteiger partial charge in [0.05, 0.1) is 5.56 Å². The van der Waals surface area contributed by atoms with E-state index in [0.29, 0.717) is 11.6 Å². The lowest BCUT2D eigenvalue weighted by Gasteiger charge is -2.30. The van der Waals surface area contributed by atoms with E-state index in [2.05, 4.69) is 5.32 Å².